The number of methoxy groups -OCH3 is 1. The first kappa shape index (κ1) is 17.0. The van der Waals surface area contributed by atoms with Crippen LogP contribution in [0.2, 0.25) is 0 Å². The van der Waals surface area contributed by atoms with Crippen LogP contribution in [0.1, 0.15) is 55.9 Å². The van der Waals surface area contributed by atoms with Gasteiger partial charge in [-0.05, 0) is 38.5 Å². The highest BCUT2D eigenvalue weighted by Gasteiger charge is 2.51. The monoisotopic (exact) mass is 350 g/mol. The van der Waals surface area contributed by atoms with Crippen molar-refractivity contribution in [2.24, 2.45) is 0 Å². The van der Waals surface area contributed by atoms with Crippen molar-refractivity contribution in [3.05, 3.63) is 17.5 Å². The number of hydrogen-bond donors (Lipinski definition) is 1. The third-order valence-electron chi connectivity index (χ3n) is 6.02. The highest BCUT2D eigenvalue weighted by Crippen LogP contribution is 2.44. The van der Waals surface area contributed by atoms with Crippen LogP contribution in [0.4, 0.5) is 0 Å². The van der Waals surface area contributed by atoms with E-state index in [0.29, 0.717) is 5.92 Å². The summed E-state index contributed by atoms with van der Waals surface area (Å²) in [5.74, 6) is 0.668. The second-order valence-electron chi connectivity index (χ2n) is 7.60. The molecule has 2 aliphatic carbocycles. The van der Waals surface area contributed by atoms with Gasteiger partial charge in [-0.25, -0.2) is 4.79 Å². The quantitative estimate of drug-likeness (QED) is 0.806. The maximum atomic E-state index is 10.8. The molecule has 3 atom stereocenters. The molecule has 1 aromatic heterocycles. The van der Waals surface area contributed by atoms with Crippen LogP contribution in [0.15, 0.2) is 10.6 Å². The molecule has 0 amide bonds. The normalized spacial score (nSPS) is 32.7. The summed E-state index contributed by atoms with van der Waals surface area (Å²) in [6.07, 6.45) is 5.93. The molecule has 25 heavy (non-hydrogen) atoms. The van der Waals surface area contributed by atoms with Crippen LogP contribution in [0.3, 0.4) is 0 Å². The zero-order valence-electron chi connectivity index (χ0n) is 14.6. The van der Waals surface area contributed by atoms with Crippen molar-refractivity contribution in [3.8, 4) is 0 Å². The summed E-state index contributed by atoms with van der Waals surface area (Å²) in [6, 6.07) is 2.32. The van der Waals surface area contributed by atoms with Crippen LogP contribution in [-0.2, 0) is 20.8 Å². The topological polar surface area (TPSA) is 85.0 Å². The fourth-order valence-electron chi connectivity index (χ4n) is 4.46. The number of fused-ring (bicyclic) bond motifs is 1. The number of likely N-dealkylation sites (tertiary alicyclic amines) is 1. The minimum absolute atomic E-state index is 0.0238. The van der Waals surface area contributed by atoms with Crippen molar-refractivity contribution in [2.75, 3.05) is 20.3 Å². The van der Waals surface area contributed by atoms with Crippen molar-refractivity contribution < 1.29 is 23.9 Å². The van der Waals surface area contributed by atoms with Gasteiger partial charge in [0.25, 0.3) is 0 Å². The Labute approximate surface area is 147 Å². The first-order chi connectivity index (χ1) is 12.1. The second kappa shape index (κ2) is 6.70. The Morgan fingerprint density at radius 3 is 3.00 bits per heavy atom. The average Bonchev–Trinajstić information content (AvgIpc) is 3.26. The highest BCUT2D eigenvalue weighted by atomic mass is 16.5. The summed E-state index contributed by atoms with van der Waals surface area (Å²) in [4.78, 5) is 13.2. The Morgan fingerprint density at radius 2 is 2.28 bits per heavy atom. The molecule has 7 heteroatoms. The SMILES string of the molecule is CO[C@@]12CCC(OCC(=O)O)CC1N(Cc1cc(C3CC3)on1)CC2. The number of carboxylic acids is 1. The smallest absolute Gasteiger partial charge is 0.329 e. The lowest BCUT2D eigenvalue weighted by atomic mass is 9.79. The Bertz CT molecular complexity index is 629. The van der Waals surface area contributed by atoms with Gasteiger partial charge in [-0.15, -0.1) is 0 Å². The van der Waals surface area contributed by atoms with Gasteiger partial charge in [0.2, 0.25) is 0 Å². The van der Waals surface area contributed by atoms with Crippen LogP contribution in [0, 0.1) is 0 Å². The van der Waals surface area contributed by atoms with Gasteiger partial charge in [0.1, 0.15) is 12.4 Å². The fourth-order valence-corrected chi connectivity index (χ4v) is 4.46. The number of carbonyl (C=O) groups is 1. The number of carboxylic acid groups (broad SMARTS) is 1. The van der Waals surface area contributed by atoms with Crippen LogP contribution < -0.4 is 0 Å². The van der Waals surface area contributed by atoms with Gasteiger partial charge in [0.15, 0.2) is 0 Å². The van der Waals surface area contributed by atoms with Crippen molar-refractivity contribution in [1.82, 2.24) is 10.1 Å². The van der Waals surface area contributed by atoms with Gasteiger partial charge in [0, 0.05) is 38.2 Å². The van der Waals surface area contributed by atoms with Crippen LogP contribution in [-0.4, -0.2) is 59.1 Å². The minimum Gasteiger partial charge on any atom is -0.480 e. The molecule has 3 aliphatic rings. The van der Waals surface area contributed by atoms with Gasteiger partial charge in [-0.1, -0.05) is 5.16 Å². The van der Waals surface area contributed by atoms with E-state index in [-0.39, 0.29) is 24.4 Å². The minimum atomic E-state index is -0.915. The lowest BCUT2D eigenvalue weighted by molar-refractivity contribution is -0.148. The number of rotatable bonds is 7. The number of aliphatic carboxylic acids is 1. The maximum Gasteiger partial charge on any atom is 0.329 e. The first-order valence-electron chi connectivity index (χ1n) is 9.18. The van der Waals surface area contributed by atoms with Crippen LogP contribution in [0.5, 0.6) is 0 Å². The molecule has 0 spiro atoms. The average molecular weight is 350 g/mol. The molecule has 138 valence electrons. The van der Waals surface area contributed by atoms with E-state index in [4.69, 9.17) is 19.1 Å². The Kier molecular flexibility index (Phi) is 4.56. The van der Waals surface area contributed by atoms with E-state index in [1.807, 2.05) is 0 Å². The Balaban J connectivity index is 1.43. The van der Waals surface area contributed by atoms with E-state index in [1.54, 1.807) is 7.11 Å². The molecule has 1 N–H and O–H groups in total. The molecule has 0 radical (unpaired) electrons. The van der Waals surface area contributed by atoms with E-state index in [0.717, 1.165) is 50.2 Å². The standard InChI is InChI=1S/C18H26N2O5/c1-23-18-5-4-14(24-11-17(21)22)9-16(18)20(7-6-18)10-13-8-15(25-19-13)12-2-3-12/h8,12,14,16H,2-7,9-11H2,1H3,(H,21,22)/t14?,16?,18-/m1/s1. The molecule has 3 fully saturated rings. The summed E-state index contributed by atoms with van der Waals surface area (Å²) in [5, 5.41) is 13.1. The molecule has 2 saturated carbocycles. The summed E-state index contributed by atoms with van der Waals surface area (Å²) in [6.45, 7) is 1.47. The molecule has 0 aromatic carbocycles. The molecule has 1 saturated heterocycles. The lowest BCUT2D eigenvalue weighted by Crippen LogP contribution is -2.51. The van der Waals surface area contributed by atoms with E-state index in [2.05, 4.69) is 16.1 Å². The molecular weight excluding hydrogens is 324 g/mol. The maximum absolute atomic E-state index is 10.8. The summed E-state index contributed by atoms with van der Waals surface area (Å²) >= 11 is 0. The Hall–Kier alpha value is -1.44. The largest absolute Gasteiger partial charge is 0.480 e. The molecule has 2 unspecified atom stereocenters. The van der Waals surface area contributed by atoms with Crippen LogP contribution >= 0.6 is 0 Å². The van der Waals surface area contributed by atoms with Gasteiger partial charge in [0.05, 0.1) is 17.4 Å². The van der Waals surface area contributed by atoms with E-state index in [1.165, 1.54) is 12.8 Å². The second-order valence-corrected chi connectivity index (χ2v) is 7.60. The number of aromatic nitrogens is 1. The van der Waals surface area contributed by atoms with Crippen LogP contribution in [0.25, 0.3) is 0 Å². The van der Waals surface area contributed by atoms with Crippen molar-refractivity contribution in [3.63, 3.8) is 0 Å². The van der Waals surface area contributed by atoms with E-state index >= 15 is 0 Å². The summed E-state index contributed by atoms with van der Waals surface area (Å²) in [7, 11) is 1.79. The molecule has 2 heterocycles. The van der Waals surface area contributed by atoms with Crippen molar-refractivity contribution >= 4 is 5.97 Å². The Morgan fingerprint density at radius 1 is 1.44 bits per heavy atom. The van der Waals surface area contributed by atoms with E-state index < -0.39 is 5.97 Å². The highest BCUT2D eigenvalue weighted by molar-refractivity contribution is 5.68. The number of hydrogen-bond acceptors (Lipinski definition) is 6. The molecule has 1 aliphatic heterocycles. The van der Waals surface area contributed by atoms with Gasteiger partial charge in [-0.2, -0.15) is 0 Å². The zero-order chi connectivity index (χ0) is 17.4. The number of nitrogens with zero attached hydrogens (tertiary/aromatic N) is 2. The molecule has 4 rings (SSSR count). The summed E-state index contributed by atoms with van der Waals surface area (Å²) < 4.78 is 17.0. The summed E-state index contributed by atoms with van der Waals surface area (Å²) in [5.41, 5.74) is 0.828. The molecular formula is C18H26N2O5. The first-order valence-corrected chi connectivity index (χ1v) is 9.18. The lowest BCUT2D eigenvalue weighted by Gasteiger charge is -2.43. The van der Waals surface area contributed by atoms with Gasteiger partial charge in [-0.3, -0.25) is 4.90 Å². The third-order valence-corrected chi connectivity index (χ3v) is 6.02. The molecule has 0 bridgehead atoms. The number of ether oxygens (including phenoxy) is 2. The van der Waals surface area contributed by atoms with Crippen molar-refractivity contribution in [1.29, 1.82) is 0 Å². The third kappa shape index (κ3) is 3.45. The predicted molar refractivity (Wildman–Crippen MR) is 88.3 cm³/mol. The van der Waals surface area contributed by atoms with Gasteiger partial charge < -0.3 is 19.1 Å². The fraction of sp³-hybridized carbons (Fsp3) is 0.778. The molecule has 7 nitrogen and oxygen atoms in total. The molecule has 1 aromatic rings. The predicted octanol–water partition coefficient (Wildman–Crippen LogP) is 2.17. The zero-order valence-corrected chi connectivity index (χ0v) is 14.6. The van der Waals surface area contributed by atoms with E-state index in [9.17, 15) is 4.79 Å². The van der Waals surface area contributed by atoms with Crippen molar-refractivity contribution in [2.45, 2.75) is 68.7 Å². The van der Waals surface area contributed by atoms with Gasteiger partial charge >= 0.3 is 5.97 Å².